The number of hydrogen-bond acceptors (Lipinski definition) is 8. The van der Waals surface area contributed by atoms with Gasteiger partial charge >= 0.3 is 0 Å². The number of carbonyl (C=O) groups is 3. The van der Waals surface area contributed by atoms with Crippen LogP contribution in [-0.4, -0.2) is 71.0 Å². The first-order valence-corrected chi connectivity index (χ1v) is 12.3. The minimum atomic E-state index is -0.371. The number of ether oxygens (including phenoxy) is 1. The van der Waals surface area contributed by atoms with Gasteiger partial charge in [0.25, 0.3) is 12.0 Å². The summed E-state index contributed by atoms with van der Waals surface area (Å²) < 4.78 is 20.4. The Morgan fingerprint density at radius 3 is 2.51 bits per heavy atom. The smallest absolute Gasteiger partial charge is 0.292 e. The van der Waals surface area contributed by atoms with Crippen LogP contribution in [0.5, 0.6) is 0 Å². The van der Waals surface area contributed by atoms with Crippen molar-refractivity contribution in [1.82, 2.24) is 24.0 Å². The molecule has 0 bridgehead atoms. The largest absolute Gasteiger partial charge is 0.471 e. The lowest BCUT2D eigenvalue weighted by atomic mass is 10.1. The fourth-order valence-corrected chi connectivity index (χ4v) is 3.15. The van der Waals surface area contributed by atoms with Gasteiger partial charge in [-0.3, -0.25) is 23.7 Å². The number of nitrogens with one attached hydrogen (secondary N) is 1. The van der Waals surface area contributed by atoms with Gasteiger partial charge in [-0.2, -0.15) is 0 Å². The molecule has 0 saturated carbocycles. The molecule has 12 nitrogen and oxygen atoms in total. The summed E-state index contributed by atoms with van der Waals surface area (Å²) in [6, 6.07) is 0. The molecule has 39 heavy (non-hydrogen) atoms. The van der Waals surface area contributed by atoms with E-state index in [4.69, 9.17) is 4.79 Å². The van der Waals surface area contributed by atoms with E-state index < -0.39 is 0 Å². The zero-order chi connectivity index (χ0) is 29.8. The molecule has 0 aromatic carbocycles. The van der Waals surface area contributed by atoms with Crippen molar-refractivity contribution in [2.24, 2.45) is 12.8 Å². The Morgan fingerprint density at radius 1 is 1.28 bits per heavy atom. The van der Waals surface area contributed by atoms with Gasteiger partial charge in [0.05, 0.1) is 31.9 Å². The highest BCUT2D eigenvalue weighted by atomic mass is 19.1. The minimum Gasteiger partial charge on any atom is -0.471 e. The molecule has 216 valence electrons. The van der Waals surface area contributed by atoms with E-state index in [2.05, 4.69) is 32.7 Å². The van der Waals surface area contributed by atoms with Crippen LogP contribution in [0.2, 0.25) is 0 Å². The third kappa shape index (κ3) is 12.3. The summed E-state index contributed by atoms with van der Waals surface area (Å²) in [5.74, 6) is 0.511. The molecule has 2 aromatic heterocycles. The minimum absolute atomic E-state index is 0.0705. The van der Waals surface area contributed by atoms with Gasteiger partial charge in [-0.05, 0) is 32.0 Å². The van der Waals surface area contributed by atoms with E-state index in [-0.39, 0.29) is 29.5 Å². The fourth-order valence-electron chi connectivity index (χ4n) is 3.15. The van der Waals surface area contributed by atoms with Gasteiger partial charge in [0.1, 0.15) is 17.3 Å². The Bertz CT molecular complexity index is 1160. The van der Waals surface area contributed by atoms with Crippen molar-refractivity contribution >= 4 is 30.6 Å². The molecule has 0 spiro atoms. The SMILES string of the molecule is CCCC/C=C/C(=O)N(C)C.CN.COC=O.Cn1c(Cn2cncc(NC=O)c2=O)nc2c1CCC(F)=C2. The van der Waals surface area contributed by atoms with Gasteiger partial charge < -0.3 is 25.3 Å². The Morgan fingerprint density at radius 2 is 1.95 bits per heavy atom. The van der Waals surface area contributed by atoms with E-state index in [1.165, 1.54) is 43.7 Å². The van der Waals surface area contributed by atoms with Crippen LogP contribution in [0.15, 0.2) is 35.3 Å². The van der Waals surface area contributed by atoms with Crippen LogP contribution in [0.4, 0.5) is 10.1 Å². The second-order valence-electron chi connectivity index (χ2n) is 8.12. The molecule has 3 rings (SSSR count). The maximum absolute atomic E-state index is 13.3. The average Bonchev–Trinajstić information content (AvgIpc) is 3.24. The van der Waals surface area contributed by atoms with E-state index >= 15 is 0 Å². The number of nitrogens with zero attached hydrogens (tertiary/aromatic N) is 5. The number of amides is 2. The Kier molecular flexibility index (Phi) is 17.8. The van der Waals surface area contributed by atoms with Crippen molar-refractivity contribution in [2.75, 3.05) is 33.6 Å². The summed E-state index contributed by atoms with van der Waals surface area (Å²) in [4.78, 5) is 52.4. The third-order valence-electron chi connectivity index (χ3n) is 5.18. The van der Waals surface area contributed by atoms with Crippen LogP contribution in [0.3, 0.4) is 0 Å². The van der Waals surface area contributed by atoms with Crippen LogP contribution < -0.4 is 16.6 Å². The molecule has 0 aliphatic heterocycles. The van der Waals surface area contributed by atoms with E-state index in [1.807, 2.05) is 17.7 Å². The van der Waals surface area contributed by atoms with E-state index in [1.54, 1.807) is 25.1 Å². The topological polar surface area (TPSA) is 154 Å². The molecule has 0 fully saturated rings. The van der Waals surface area contributed by atoms with Gasteiger partial charge in [0, 0.05) is 33.3 Å². The summed E-state index contributed by atoms with van der Waals surface area (Å²) >= 11 is 0. The number of hydrogen-bond donors (Lipinski definition) is 2. The van der Waals surface area contributed by atoms with Gasteiger partial charge in [-0.25, -0.2) is 14.4 Å². The van der Waals surface area contributed by atoms with Crippen molar-refractivity contribution in [3.63, 3.8) is 0 Å². The van der Waals surface area contributed by atoms with Gasteiger partial charge in [0.15, 0.2) is 0 Å². The molecule has 2 heterocycles. The van der Waals surface area contributed by atoms with E-state index in [0.717, 1.165) is 18.5 Å². The molecule has 0 saturated heterocycles. The lowest BCUT2D eigenvalue weighted by molar-refractivity contribution is -0.126. The predicted molar refractivity (Wildman–Crippen MR) is 148 cm³/mol. The molecule has 2 amide bonds. The van der Waals surface area contributed by atoms with Gasteiger partial charge in [0.2, 0.25) is 12.3 Å². The standard InChI is InChI=1S/C14H14FN5O2.C9H17NO.C2H4O2.CH5N/c1-19-12-3-2-9(15)4-10(12)18-13(19)6-20-7-16-5-11(14(20)22)17-8-21;1-4-5-6-7-8-9(11)10(2)3;1-4-2-3;1-2/h4-5,7-8H,2-3,6H2,1H3,(H,17,21);7-8H,4-6H2,1-3H3;2H,1H3;2H2,1H3/b;8-7+;;. The zero-order valence-corrected chi connectivity index (χ0v) is 23.5. The molecule has 1 aliphatic rings. The van der Waals surface area contributed by atoms with Crippen molar-refractivity contribution in [1.29, 1.82) is 0 Å². The lowest BCUT2D eigenvalue weighted by Gasteiger charge is -2.10. The molecule has 0 unspecified atom stereocenters. The van der Waals surface area contributed by atoms with Crippen molar-refractivity contribution in [3.05, 3.63) is 58.1 Å². The number of imidazole rings is 1. The second-order valence-corrected chi connectivity index (χ2v) is 8.12. The summed E-state index contributed by atoms with van der Waals surface area (Å²) in [5.41, 5.74) is 5.77. The van der Waals surface area contributed by atoms with Crippen LogP contribution in [0.1, 0.15) is 49.8 Å². The summed E-state index contributed by atoms with van der Waals surface area (Å²) in [6.45, 7) is 2.71. The number of fused-ring (bicyclic) bond motifs is 1. The highest BCUT2D eigenvalue weighted by molar-refractivity contribution is 5.87. The molecule has 0 atom stereocenters. The van der Waals surface area contributed by atoms with Gasteiger partial charge in [-0.15, -0.1) is 0 Å². The Labute approximate surface area is 228 Å². The molecule has 3 N–H and O–H groups in total. The number of halogens is 1. The summed E-state index contributed by atoms with van der Waals surface area (Å²) in [6.07, 6.45) is 12.4. The number of allylic oxidation sites excluding steroid dienone is 2. The van der Waals surface area contributed by atoms with Crippen molar-refractivity contribution < 1.29 is 23.5 Å². The molecule has 1 aliphatic carbocycles. The highest BCUT2D eigenvalue weighted by Crippen LogP contribution is 2.24. The normalized spacial score (nSPS) is 11.2. The summed E-state index contributed by atoms with van der Waals surface area (Å²) in [5, 5.41) is 2.31. The highest BCUT2D eigenvalue weighted by Gasteiger charge is 2.19. The van der Waals surface area contributed by atoms with Gasteiger partial charge in [-0.1, -0.05) is 25.8 Å². The molecule has 2 aromatic rings. The maximum atomic E-state index is 13.3. The number of carbonyl (C=O) groups excluding carboxylic acids is 3. The average molecular weight is 550 g/mol. The van der Waals surface area contributed by atoms with Crippen LogP contribution in [-0.2, 0) is 39.1 Å². The number of unbranched alkanes of at least 4 members (excludes halogenated alkanes) is 2. The van der Waals surface area contributed by atoms with Crippen LogP contribution in [0, 0.1) is 0 Å². The zero-order valence-electron chi connectivity index (χ0n) is 23.5. The first-order valence-electron chi connectivity index (χ1n) is 12.3. The third-order valence-corrected chi connectivity index (χ3v) is 5.18. The number of rotatable bonds is 9. The Hall–Kier alpha value is -4.13. The first-order chi connectivity index (χ1) is 18.7. The fraction of sp³-hybridized carbons (Fsp3) is 0.462. The molecular formula is C26H40FN7O5. The number of nitrogens with two attached hydrogens (primary N) is 1. The second kappa shape index (κ2) is 19.9. The van der Waals surface area contributed by atoms with Crippen LogP contribution in [0.25, 0.3) is 6.08 Å². The van der Waals surface area contributed by atoms with Crippen molar-refractivity contribution in [3.8, 4) is 0 Å². The Balaban J connectivity index is 0.000000715. The first kappa shape index (κ1) is 34.9. The maximum Gasteiger partial charge on any atom is 0.292 e. The van der Waals surface area contributed by atoms with E-state index in [9.17, 15) is 18.8 Å². The lowest BCUT2D eigenvalue weighted by Crippen LogP contribution is -2.25. The quantitative estimate of drug-likeness (QED) is 0.274. The number of methoxy groups -OCH3 is 1. The molecular weight excluding hydrogens is 509 g/mol. The molecule has 0 radical (unpaired) electrons. The number of likely N-dealkylation sites (N-methyl/N-ethyl adjacent to an activating group) is 1. The summed E-state index contributed by atoms with van der Waals surface area (Å²) in [7, 11) is 8.16. The van der Waals surface area contributed by atoms with Crippen molar-refractivity contribution in [2.45, 2.75) is 45.6 Å². The van der Waals surface area contributed by atoms with E-state index in [0.29, 0.717) is 37.2 Å². The monoisotopic (exact) mass is 549 g/mol. The van der Waals surface area contributed by atoms with Crippen LogP contribution >= 0.6 is 0 Å². The number of anilines is 1. The number of aromatic nitrogens is 4. The molecule has 13 heteroatoms. The predicted octanol–water partition coefficient (Wildman–Crippen LogP) is 2.04.